The molecule has 2 heterocycles. The molecule has 3 unspecified atom stereocenters. The predicted octanol–water partition coefficient (Wildman–Crippen LogP) is 3.57. The minimum atomic E-state index is 0.185. The number of amides is 1. The quantitative estimate of drug-likeness (QED) is 0.781. The first-order chi connectivity index (χ1) is 9.93. The molecule has 0 aromatic rings. The fourth-order valence-electron chi connectivity index (χ4n) is 3.38. The third kappa shape index (κ3) is 3.58. The first-order valence-electron chi connectivity index (χ1n) is 8.43. The Morgan fingerprint density at radius 1 is 1.14 bits per heavy atom. The van der Waals surface area contributed by atoms with Crippen LogP contribution < -0.4 is 5.32 Å². The molecule has 0 saturated carbocycles. The number of fused-ring (bicyclic) bond motifs is 1. The SMILES string of the molecule is CC(C)C1=C(C(C)C(C)S)NC2CCCCCCN2C1=O. The summed E-state index contributed by atoms with van der Waals surface area (Å²) < 4.78 is 0. The number of nitrogens with zero attached hydrogens (tertiary/aromatic N) is 1. The van der Waals surface area contributed by atoms with E-state index in [-0.39, 0.29) is 29.2 Å². The Labute approximate surface area is 135 Å². The van der Waals surface area contributed by atoms with Crippen LogP contribution in [0.25, 0.3) is 0 Å². The largest absolute Gasteiger partial charge is 0.368 e. The van der Waals surface area contributed by atoms with E-state index in [0.29, 0.717) is 0 Å². The van der Waals surface area contributed by atoms with Crippen LogP contribution in [0.1, 0.15) is 59.8 Å². The van der Waals surface area contributed by atoms with Gasteiger partial charge in [-0.1, -0.05) is 40.5 Å². The predicted molar refractivity (Wildman–Crippen MR) is 91.2 cm³/mol. The van der Waals surface area contributed by atoms with E-state index in [1.165, 1.54) is 19.3 Å². The molecule has 120 valence electrons. The highest BCUT2D eigenvalue weighted by atomic mass is 32.1. The molecule has 0 spiro atoms. The van der Waals surface area contributed by atoms with Gasteiger partial charge in [0.1, 0.15) is 6.17 Å². The summed E-state index contributed by atoms with van der Waals surface area (Å²) in [5, 5.41) is 3.95. The van der Waals surface area contributed by atoms with Gasteiger partial charge in [-0.05, 0) is 25.2 Å². The van der Waals surface area contributed by atoms with Crippen LogP contribution in [0.2, 0.25) is 0 Å². The molecule has 2 aliphatic rings. The van der Waals surface area contributed by atoms with E-state index in [1.807, 2.05) is 0 Å². The Morgan fingerprint density at radius 3 is 2.43 bits per heavy atom. The lowest BCUT2D eigenvalue weighted by molar-refractivity contribution is -0.132. The summed E-state index contributed by atoms with van der Waals surface area (Å²) in [5.74, 6) is 0.787. The van der Waals surface area contributed by atoms with Gasteiger partial charge in [0.25, 0.3) is 5.91 Å². The van der Waals surface area contributed by atoms with E-state index >= 15 is 0 Å². The normalized spacial score (nSPS) is 26.9. The van der Waals surface area contributed by atoms with Gasteiger partial charge in [-0.2, -0.15) is 12.6 Å². The average Bonchev–Trinajstić information content (AvgIpc) is 2.38. The van der Waals surface area contributed by atoms with Crippen molar-refractivity contribution < 1.29 is 4.79 Å². The smallest absolute Gasteiger partial charge is 0.253 e. The Hall–Kier alpha value is -0.640. The molecule has 1 N–H and O–H groups in total. The Balaban J connectivity index is 2.36. The number of carbonyl (C=O) groups excluding carboxylic acids is 1. The van der Waals surface area contributed by atoms with Crippen molar-refractivity contribution >= 4 is 18.5 Å². The van der Waals surface area contributed by atoms with Crippen LogP contribution in [-0.4, -0.2) is 28.8 Å². The maximum atomic E-state index is 13.0. The van der Waals surface area contributed by atoms with Crippen molar-refractivity contribution in [2.75, 3.05) is 6.54 Å². The first-order valence-corrected chi connectivity index (χ1v) is 8.94. The van der Waals surface area contributed by atoms with Crippen LogP contribution in [0.3, 0.4) is 0 Å². The molecule has 4 heteroatoms. The Bertz CT molecular complexity index is 417. The number of hydrogen-bond acceptors (Lipinski definition) is 3. The van der Waals surface area contributed by atoms with Crippen molar-refractivity contribution in [2.45, 2.75) is 71.2 Å². The minimum absolute atomic E-state index is 0.185. The fraction of sp³-hybridized carbons (Fsp3) is 0.824. The number of hydrogen-bond donors (Lipinski definition) is 2. The Kier molecular flexibility index (Phi) is 5.64. The molecule has 3 atom stereocenters. The lowest BCUT2D eigenvalue weighted by Crippen LogP contribution is -2.56. The van der Waals surface area contributed by atoms with Crippen LogP contribution >= 0.6 is 12.6 Å². The monoisotopic (exact) mass is 310 g/mol. The third-order valence-electron chi connectivity index (χ3n) is 4.86. The standard InChI is InChI=1S/C17H30N2OS/c1-11(2)15-16(12(3)13(4)21)18-14-9-7-5-6-8-10-19(14)17(15)20/h11-14,18,21H,5-10H2,1-4H3. The van der Waals surface area contributed by atoms with Crippen LogP contribution in [0, 0.1) is 11.8 Å². The molecule has 3 nitrogen and oxygen atoms in total. The van der Waals surface area contributed by atoms with Gasteiger partial charge in [-0.15, -0.1) is 0 Å². The fourth-order valence-corrected chi connectivity index (χ4v) is 3.53. The summed E-state index contributed by atoms with van der Waals surface area (Å²) in [4.78, 5) is 15.1. The topological polar surface area (TPSA) is 32.3 Å². The molecular weight excluding hydrogens is 280 g/mol. The number of thiol groups is 1. The first kappa shape index (κ1) is 16.7. The summed E-state index contributed by atoms with van der Waals surface area (Å²) in [5.41, 5.74) is 2.11. The van der Waals surface area contributed by atoms with Crippen molar-refractivity contribution in [3.63, 3.8) is 0 Å². The molecular formula is C17H30N2OS. The molecule has 1 saturated heterocycles. The van der Waals surface area contributed by atoms with E-state index < -0.39 is 0 Å². The van der Waals surface area contributed by atoms with Gasteiger partial charge in [-0.25, -0.2) is 0 Å². The number of allylic oxidation sites excluding steroid dienone is 1. The number of nitrogens with one attached hydrogen (secondary N) is 1. The zero-order chi connectivity index (χ0) is 15.6. The zero-order valence-corrected chi connectivity index (χ0v) is 14.7. The van der Waals surface area contributed by atoms with Gasteiger partial charge in [0.15, 0.2) is 0 Å². The van der Waals surface area contributed by atoms with E-state index in [0.717, 1.165) is 30.7 Å². The maximum Gasteiger partial charge on any atom is 0.253 e. The average molecular weight is 311 g/mol. The van der Waals surface area contributed by atoms with Gasteiger partial charge in [-0.3, -0.25) is 4.79 Å². The summed E-state index contributed by atoms with van der Waals surface area (Å²) >= 11 is 4.60. The highest BCUT2D eigenvalue weighted by Gasteiger charge is 2.37. The van der Waals surface area contributed by atoms with E-state index in [4.69, 9.17) is 0 Å². The van der Waals surface area contributed by atoms with E-state index in [9.17, 15) is 4.79 Å². The Morgan fingerprint density at radius 2 is 1.81 bits per heavy atom. The van der Waals surface area contributed by atoms with Gasteiger partial charge >= 0.3 is 0 Å². The lowest BCUT2D eigenvalue weighted by Gasteiger charge is -2.43. The minimum Gasteiger partial charge on any atom is -0.368 e. The van der Waals surface area contributed by atoms with Crippen molar-refractivity contribution in [3.8, 4) is 0 Å². The molecule has 2 rings (SSSR count). The molecule has 1 fully saturated rings. The van der Waals surface area contributed by atoms with Gasteiger partial charge < -0.3 is 10.2 Å². The molecule has 0 aliphatic carbocycles. The highest BCUT2D eigenvalue weighted by Crippen LogP contribution is 2.32. The van der Waals surface area contributed by atoms with Gasteiger partial charge in [0.2, 0.25) is 0 Å². The van der Waals surface area contributed by atoms with Crippen molar-refractivity contribution in [1.29, 1.82) is 0 Å². The molecule has 0 aromatic heterocycles. The molecule has 2 aliphatic heterocycles. The molecule has 1 amide bonds. The van der Waals surface area contributed by atoms with Crippen molar-refractivity contribution in [3.05, 3.63) is 11.3 Å². The number of carbonyl (C=O) groups is 1. The zero-order valence-electron chi connectivity index (χ0n) is 13.9. The van der Waals surface area contributed by atoms with E-state index in [1.54, 1.807) is 0 Å². The van der Waals surface area contributed by atoms with E-state index in [2.05, 4.69) is 50.5 Å². The van der Waals surface area contributed by atoms with Crippen LogP contribution in [0.4, 0.5) is 0 Å². The van der Waals surface area contributed by atoms with Crippen LogP contribution in [0.15, 0.2) is 11.3 Å². The van der Waals surface area contributed by atoms with Crippen LogP contribution in [0.5, 0.6) is 0 Å². The van der Waals surface area contributed by atoms with Crippen molar-refractivity contribution in [1.82, 2.24) is 10.2 Å². The summed E-state index contributed by atoms with van der Waals surface area (Å²) in [7, 11) is 0. The maximum absolute atomic E-state index is 13.0. The molecule has 0 aromatic carbocycles. The molecule has 0 radical (unpaired) electrons. The third-order valence-corrected chi connectivity index (χ3v) is 5.31. The highest BCUT2D eigenvalue weighted by molar-refractivity contribution is 7.80. The summed E-state index contributed by atoms with van der Waals surface area (Å²) in [6, 6.07) is 0. The van der Waals surface area contributed by atoms with Gasteiger partial charge in [0.05, 0.1) is 0 Å². The second kappa shape index (κ2) is 7.08. The molecule has 0 bridgehead atoms. The summed E-state index contributed by atoms with van der Waals surface area (Å²) in [6.45, 7) is 9.42. The lowest BCUT2D eigenvalue weighted by atomic mass is 9.88. The summed E-state index contributed by atoms with van der Waals surface area (Å²) in [6.07, 6.45) is 6.11. The second-order valence-corrected chi connectivity index (χ2v) is 7.69. The number of rotatable bonds is 3. The van der Waals surface area contributed by atoms with Gasteiger partial charge in [0, 0.05) is 29.0 Å². The molecule has 21 heavy (non-hydrogen) atoms. The van der Waals surface area contributed by atoms with Crippen LogP contribution in [-0.2, 0) is 4.79 Å². The van der Waals surface area contributed by atoms with Crippen molar-refractivity contribution in [2.24, 2.45) is 11.8 Å². The second-order valence-electron chi connectivity index (χ2n) is 6.87.